The van der Waals surface area contributed by atoms with Crippen LogP contribution in [0.1, 0.15) is 19.3 Å². The van der Waals surface area contributed by atoms with E-state index in [1.807, 2.05) is 12.1 Å². The zero-order valence-electron chi connectivity index (χ0n) is 10.1. The summed E-state index contributed by atoms with van der Waals surface area (Å²) >= 11 is 5.87. The number of rotatable bonds is 1. The van der Waals surface area contributed by atoms with E-state index in [1.54, 1.807) is 6.20 Å². The fraction of sp³-hybridized carbons (Fsp3) is 0.357. The minimum absolute atomic E-state index is 0.0933. The van der Waals surface area contributed by atoms with E-state index in [4.69, 9.17) is 11.6 Å². The van der Waals surface area contributed by atoms with Crippen molar-refractivity contribution in [1.29, 1.82) is 0 Å². The van der Waals surface area contributed by atoms with Crippen molar-refractivity contribution in [3.63, 3.8) is 0 Å². The second-order valence-corrected chi connectivity index (χ2v) is 5.15. The third-order valence-electron chi connectivity index (χ3n) is 3.54. The van der Waals surface area contributed by atoms with Crippen molar-refractivity contribution in [3.05, 3.63) is 39.6 Å². The highest BCUT2D eigenvalue weighted by molar-refractivity contribution is 6.31. The average molecular weight is 263 g/mol. The molecule has 1 aliphatic rings. The normalized spacial score (nSPS) is 16.2. The van der Waals surface area contributed by atoms with Crippen LogP contribution in [0.4, 0.5) is 5.69 Å². The van der Waals surface area contributed by atoms with Crippen LogP contribution in [0, 0.1) is 0 Å². The Kier molecular flexibility index (Phi) is 3.00. The summed E-state index contributed by atoms with van der Waals surface area (Å²) in [4.78, 5) is 17.4. The molecule has 2 aromatic rings. The number of hydrogen-bond donors (Lipinski definition) is 1. The Labute approximate surface area is 110 Å². The molecule has 0 spiro atoms. The molecule has 1 saturated heterocycles. The average Bonchev–Trinajstić information content (AvgIpc) is 2.44. The molecule has 0 atom stereocenters. The number of pyridine rings is 1. The maximum atomic E-state index is 12.0. The van der Waals surface area contributed by atoms with E-state index in [1.165, 1.54) is 19.3 Å². The fourth-order valence-corrected chi connectivity index (χ4v) is 2.69. The highest BCUT2D eigenvalue weighted by Gasteiger charge is 2.12. The van der Waals surface area contributed by atoms with E-state index < -0.39 is 0 Å². The van der Waals surface area contributed by atoms with E-state index in [9.17, 15) is 4.79 Å². The molecule has 2 heterocycles. The first-order chi connectivity index (χ1) is 8.75. The molecule has 1 aromatic heterocycles. The molecule has 3 nitrogen and oxygen atoms in total. The third-order valence-corrected chi connectivity index (χ3v) is 3.82. The Morgan fingerprint density at radius 1 is 1.17 bits per heavy atom. The Morgan fingerprint density at radius 2 is 1.94 bits per heavy atom. The van der Waals surface area contributed by atoms with Gasteiger partial charge in [-0.3, -0.25) is 4.79 Å². The van der Waals surface area contributed by atoms with E-state index in [-0.39, 0.29) is 10.5 Å². The van der Waals surface area contributed by atoms with Gasteiger partial charge < -0.3 is 9.88 Å². The van der Waals surface area contributed by atoms with Crippen molar-refractivity contribution in [2.24, 2.45) is 0 Å². The minimum Gasteiger partial charge on any atom is -0.372 e. The van der Waals surface area contributed by atoms with Crippen molar-refractivity contribution in [3.8, 4) is 0 Å². The first-order valence-electron chi connectivity index (χ1n) is 6.31. The molecule has 94 valence electrons. The van der Waals surface area contributed by atoms with E-state index in [2.05, 4.69) is 16.0 Å². The summed E-state index contributed by atoms with van der Waals surface area (Å²) in [7, 11) is 0. The van der Waals surface area contributed by atoms with Crippen molar-refractivity contribution in [2.75, 3.05) is 18.0 Å². The van der Waals surface area contributed by atoms with Gasteiger partial charge in [-0.1, -0.05) is 11.6 Å². The van der Waals surface area contributed by atoms with Gasteiger partial charge in [0.25, 0.3) is 0 Å². The van der Waals surface area contributed by atoms with E-state index in [0.29, 0.717) is 5.39 Å². The van der Waals surface area contributed by atoms with Crippen LogP contribution in [0.3, 0.4) is 0 Å². The van der Waals surface area contributed by atoms with Crippen molar-refractivity contribution >= 4 is 28.2 Å². The summed E-state index contributed by atoms with van der Waals surface area (Å²) < 4.78 is 0. The van der Waals surface area contributed by atoms with Crippen LogP contribution in [0.2, 0.25) is 5.02 Å². The number of H-pyrrole nitrogens is 1. The molecule has 0 bridgehead atoms. The maximum Gasteiger partial charge on any atom is 0.208 e. The molecule has 3 rings (SSSR count). The quantitative estimate of drug-likeness (QED) is 0.857. The van der Waals surface area contributed by atoms with E-state index >= 15 is 0 Å². The number of halogens is 1. The minimum atomic E-state index is -0.0933. The summed E-state index contributed by atoms with van der Waals surface area (Å²) in [6.45, 7) is 2.15. The Hall–Kier alpha value is -1.48. The predicted molar refractivity (Wildman–Crippen MR) is 75.6 cm³/mol. The number of nitrogens with zero attached hydrogens (tertiary/aromatic N) is 1. The van der Waals surface area contributed by atoms with Crippen molar-refractivity contribution < 1.29 is 0 Å². The fourth-order valence-electron chi connectivity index (χ4n) is 2.53. The molecular weight excluding hydrogens is 248 g/mol. The highest BCUT2D eigenvalue weighted by atomic mass is 35.5. The zero-order chi connectivity index (χ0) is 12.5. The van der Waals surface area contributed by atoms with Crippen LogP contribution in [0.15, 0.2) is 29.2 Å². The predicted octanol–water partition coefficient (Wildman–Crippen LogP) is 3.17. The van der Waals surface area contributed by atoms with Gasteiger partial charge in [0.15, 0.2) is 0 Å². The third kappa shape index (κ3) is 1.99. The number of benzene rings is 1. The summed E-state index contributed by atoms with van der Waals surface area (Å²) in [6, 6.07) is 5.97. The molecule has 1 aliphatic heterocycles. The summed E-state index contributed by atoms with van der Waals surface area (Å²) in [5, 5.41) is 0.920. The molecule has 1 aromatic carbocycles. The van der Waals surface area contributed by atoms with Gasteiger partial charge in [0, 0.05) is 35.9 Å². The Bertz CT molecular complexity index is 629. The van der Waals surface area contributed by atoms with Crippen molar-refractivity contribution in [1.82, 2.24) is 4.98 Å². The van der Waals surface area contributed by atoms with Gasteiger partial charge in [0.2, 0.25) is 5.43 Å². The Morgan fingerprint density at radius 3 is 2.72 bits per heavy atom. The SMILES string of the molecule is O=c1c(Cl)c[nH]c2ccc(N3CCCCC3)cc12. The van der Waals surface area contributed by atoms with Crippen LogP contribution < -0.4 is 10.3 Å². The van der Waals surface area contributed by atoms with Crippen LogP contribution in [-0.4, -0.2) is 18.1 Å². The Balaban J connectivity index is 2.09. The van der Waals surface area contributed by atoms with Gasteiger partial charge >= 0.3 is 0 Å². The lowest BCUT2D eigenvalue weighted by Crippen LogP contribution is -2.29. The molecule has 0 amide bonds. The standard InChI is InChI=1S/C14H15ClN2O/c15-12-9-16-13-5-4-10(8-11(13)14(12)18)17-6-2-1-3-7-17/h4-5,8-9H,1-3,6-7H2,(H,16,18). The zero-order valence-corrected chi connectivity index (χ0v) is 10.8. The number of aromatic nitrogens is 1. The van der Waals surface area contributed by atoms with Crippen LogP contribution in [0.25, 0.3) is 10.9 Å². The highest BCUT2D eigenvalue weighted by Crippen LogP contribution is 2.23. The molecule has 0 radical (unpaired) electrons. The molecule has 0 unspecified atom stereocenters. The van der Waals surface area contributed by atoms with Gasteiger partial charge in [0.1, 0.15) is 5.02 Å². The molecule has 1 fully saturated rings. The number of anilines is 1. The lowest BCUT2D eigenvalue weighted by atomic mass is 10.1. The second kappa shape index (κ2) is 4.65. The molecule has 0 aliphatic carbocycles. The summed E-state index contributed by atoms with van der Waals surface area (Å²) in [5.41, 5.74) is 1.87. The van der Waals surface area contributed by atoms with Gasteiger partial charge in [-0.05, 0) is 37.5 Å². The summed E-state index contributed by atoms with van der Waals surface area (Å²) in [5.74, 6) is 0. The number of piperidine rings is 1. The molecule has 0 saturated carbocycles. The summed E-state index contributed by atoms with van der Waals surface area (Å²) in [6.07, 6.45) is 5.30. The smallest absolute Gasteiger partial charge is 0.208 e. The topological polar surface area (TPSA) is 36.1 Å². The monoisotopic (exact) mass is 262 g/mol. The van der Waals surface area contributed by atoms with Crippen LogP contribution in [0.5, 0.6) is 0 Å². The van der Waals surface area contributed by atoms with Crippen molar-refractivity contribution in [2.45, 2.75) is 19.3 Å². The first-order valence-corrected chi connectivity index (χ1v) is 6.69. The largest absolute Gasteiger partial charge is 0.372 e. The second-order valence-electron chi connectivity index (χ2n) is 4.74. The lowest BCUT2D eigenvalue weighted by Gasteiger charge is -2.28. The molecule has 18 heavy (non-hydrogen) atoms. The number of aromatic amines is 1. The van der Waals surface area contributed by atoms with Gasteiger partial charge in [-0.2, -0.15) is 0 Å². The van der Waals surface area contributed by atoms with Gasteiger partial charge in [-0.25, -0.2) is 0 Å². The van der Waals surface area contributed by atoms with Crippen LogP contribution >= 0.6 is 11.6 Å². The number of nitrogens with one attached hydrogen (secondary N) is 1. The lowest BCUT2D eigenvalue weighted by molar-refractivity contribution is 0.578. The van der Waals surface area contributed by atoms with Gasteiger partial charge in [0.05, 0.1) is 0 Å². The first kappa shape index (κ1) is 11.6. The van der Waals surface area contributed by atoms with Gasteiger partial charge in [-0.15, -0.1) is 0 Å². The van der Waals surface area contributed by atoms with E-state index in [0.717, 1.165) is 24.3 Å². The molecule has 1 N–H and O–H groups in total. The number of fused-ring (bicyclic) bond motifs is 1. The number of hydrogen-bond acceptors (Lipinski definition) is 2. The molecule has 4 heteroatoms. The maximum absolute atomic E-state index is 12.0. The van der Waals surface area contributed by atoms with Crippen LogP contribution in [-0.2, 0) is 0 Å². The molecular formula is C14H15ClN2O.